The van der Waals surface area contributed by atoms with Crippen molar-refractivity contribution in [1.29, 1.82) is 0 Å². The largest absolute Gasteiger partial charge is 0.297 e. The lowest BCUT2D eigenvalue weighted by Gasteiger charge is -2.43. The predicted molar refractivity (Wildman–Crippen MR) is 103 cm³/mol. The summed E-state index contributed by atoms with van der Waals surface area (Å²) in [7, 11) is 3.38. The van der Waals surface area contributed by atoms with E-state index in [0.717, 1.165) is 25.7 Å². The molecular weight excluding hydrogens is 360 g/mol. The highest BCUT2D eigenvalue weighted by Gasteiger charge is 2.45. The van der Waals surface area contributed by atoms with Gasteiger partial charge >= 0.3 is 0 Å². The van der Waals surface area contributed by atoms with Crippen molar-refractivity contribution in [2.45, 2.75) is 57.0 Å². The number of carbonyl (C=O) groups is 2. The molecule has 3 fully saturated rings. The fourth-order valence-corrected chi connectivity index (χ4v) is 3.34. The molecule has 2 heterocycles. The molecule has 1 saturated carbocycles. The number of carbonyl (C=O) groups excluding carboxylic acids is 2. The highest BCUT2D eigenvalue weighted by atomic mass is 32.1. The van der Waals surface area contributed by atoms with E-state index in [2.05, 4.69) is 21.7 Å². The highest BCUT2D eigenvalue weighted by molar-refractivity contribution is 7.80. The zero-order valence-electron chi connectivity index (χ0n) is 15.1. The van der Waals surface area contributed by atoms with E-state index in [9.17, 15) is 9.59 Å². The minimum absolute atomic E-state index is 0.0266. The number of nitrogens with one attached hydrogen (secondary N) is 4. The average Bonchev–Trinajstić information content (AvgIpc) is 2.60. The summed E-state index contributed by atoms with van der Waals surface area (Å²) in [4.78, 5) is 26.4. The Morgan fingerprint density at radius 2 is 1.32 bits per heavy atom. The summed E-state index contributed by atoms with van der Waals surface area (Å²) >= 11 is 9.83. The average molecular weight is 387 g/mol. The van der Waals surface area contributed by atoms with Gasteiger partial charge in [-0.2, -0.15) is 0 Å². The number of hydrazine groups is 2. The number of amides is 2. The molecule has 140 valence electrons. The van der Waals surface area contributed by atoms with Gasteiger partial charge in [0.25, 0.3) is 5.91 Å². The molecule has 3 rings (SSSR count). The van der Waals surface area contributed by atoms with Crippen LogP contribution in [0.2, 0.25) is 0 Å². The van der Waals surface area contributed by atoms with Crippen LogP contribution in [0.3, 0.4) is 0 Å². The third-order valence-corrected chi connectivity index (χ3v) is 5.51. The topological polar surface area (TPSA) is 88.7 Å². The van der Waals surface area contributed by atoms with E-state index in [1.165, 1.54) is 16.2 Å². The highest BCUT2D eigenvalue weighted by Crippen LogP contribution is 2.30. The van der Waals surface area contributed by atoms with Crippen LogP contribution in [0.15, 0.2) is 0 Å². The first-order chi connectivity index (χ1) is 11.6. The number of likely N-dealkylation sites (N-methyl/N-ethyl adjacent to an activating group) is 2. The first-order valence-corrected chi connectivity index (χ1v) is 9.13. The summed E-state index contributed by atoms with van der Waals surface area (Å²) in [6, 6.07) is 0. The number of hydrogen-bond donors (Lipinski definition) is 4. The van der Waals surface area contributed by atoms with Gasteiger partial charge in [-0.1, -0.05) is 19.3 Å². The van der Waals surface area contributed by atoms with Gasteiger partial charge < -0.3 is 0 Å². The first-order valence-electron chi connectivity index (χ1n) is 8.31. The third-order valence-electron chi connectivity index (χ3n) is 4.76. The molecule has 0 radical (unpaired) electrons. The molecule has 0 atom stereocenters. The van der Waals surface area contributed by atoms with Crippen molar-refractivity contribution >= 4 is 46.5 Å². The Bertz CT molecular complexity index is 589. The maximum absolute atomic E-state index is 12.0. The smallest absolute Gasteiger partial charge is 0.250 e. The van der Waals surface area contributed by atoms with Crippen LogP contribution in [0.1, 0.15) is 46.0 Å². The molecule has 2 aliphatic heterocycles. The molecule has 10 heteroatoms. The van der Waals surface area contributed by atoms with E-state index in [0.29, 0.717) is 10.2 Å². The van der Waals surface area contributed by atoms with E-state index in [4.69, 9.17) is 24.4 Å². The lowest BCUT2D eigenvalue weighted by atomic mass is 9.81. The van der Waals surface area contributed by atoms with Gasteiger partial charge in [-0.3, -0.25) is 30.2 Å². The lowest BCUT2D eigenvalue weighted by molar-refractivity contribution is -0.137. The van der Waals surface area contributed by atoms with Crippen LogP contribution in [0.5, 0.6) is 0 Å². The quantitative estimate of drug-likeness (QED) is 0.438. The van der Waals surface area contributed by atoms with Gasteiger partial charge in [-0.05, 0) is 51.1 Å². The van der Waals surface area contributed by atoms with Crippen molar-refractivity contribution in [3.05, 3.63) is 0 Å². The molecule has 0 unspecified atom stereocenters. The Labute approximate surface area is 159 Å². The van der Waals surface area contributed by atoms with Crippen LogP contribution in [-0.4, -0.2) is 57.0 Å². The van der Waals surface area contributed by atoms with Gasteiger partial charge in [0.05, 0.1) is 0 Å². The van der Waals surface area contributed by atoms with E-state index in [1.807, 2.05) is 0 Å². The van der Waals surface area contributed by atoms with Crippen LogP contribution in [-0.2, 0) is 9.59 Å². The van der Waals surface area contributed by atoms with Crippen molar-refractivity contribution in [2.75, 3.05) is 14.1 Å². The van der Waals surface area contributed by atoms with Crippen molar-refractivity contribution in [1.82, 2.24) is 31.5 Å². The Morgan fingerprint density at radius 1 is 0.840 bits per heavy atom. The zero-order valence-corrected chi connectivity index (χ0v) is 16.7. The number of nitrogens with zero attached hydrogens (tertiary/aromatic N) is 2. The maximum atomic E-state index is 12.0. The summed E-state index contributed by atoms with van der Waals surface area (Å²) < 4.78 is 0. The molecule has 0 aromatic carbocycles. The second-order valence-corrected chi connectivity index (χ2v) is 7.88. The fraction of sp³-hybridized carbons (Fsp3) is 0.733. The van der Waals surface area contributed by atoms with Gasteiger partial charge in [-0.25, -0.2) is 10.9 Å². The van der Waals surface area contributed by atoms with Gasteiger partial charge in [0, 0.05) is 14.1 Å². The van der Waals surface area contributed by atoms with Crippen LogP contribution in [0.4, 0.5) is 0 Å². The second-order valence-electron chi connectivity index (χ2n) is 7.11. The molecule has 4 N–H and O–H groups in total. The number of hydrogen-bond acceptors (Lipinski definition) is 6. The van der Waals surface area contributed by atoms with E-state index >= 15 is 0 Å². The summed E-state index contributed by atoms with van der Waals surface area (Å²) in [5.41, 5.74) is 10.6. The molecule has 2 amide bonds. The van der Waals surface area contributed by atoms with Crippen LogP contribution in [0.25, 0.3) is 0 Å². The van der Waals surface area contributed by atoms with Crippen molar-refractivity contribution < 1.29 is 9.59 Å². The third kappa shape index (κ3) is 4.08. The predicted octanol–water partition coefficient (Wildman–Crippen LogP) is 0.157. The number of rotatable bonds is 0. The molecular formula is C15H26N6O2S2. The van der Waals surface area contributed by atoms with Crippen LogP contribution >= 0.6 is 24.4 Å². The monoisotopic (exact) mass is 386 g/mol. The zero-order chi connectivity index (χ0) is 18.8. The van der Waals surface area contributed by atoms with Gasteiger partial charge in [0.2, 0.25) is 5.91 Å². The standard InChI is InChI=1S/C9H15N3OS.C6H11N3OS/c1-12-7(13)9(11-10-8(12)14)5-3-2-4-6-9;1-6(2)4(10)9(3)5(11)7-8-6/h11H,2-6H2,1H3,(H,10,14);8H,1-3H3,(H,7,11). The molecule has 1 spiro atoms. The van der Waals surface area contributed by atoms with Crippen LogP contribution in [0, 0.1) is 0 Å². The van der Waals surface area contributed by atoms with E-state index in [-0.39, 0.29) is 11.8 Å². The molecule has 0 aromatic heterocycles. The summed E-state index contributed by atoms with van der Waals surface area (Å²) in [6.45, 7) is 3.58. The Balaban J connectivity index is 0.000000186. The van der Waals surface area contributed by atoms with Crippen molar-refractivity contribution in [3.63, 3.8) is 0 Å². The number of thiocarbonyl (C=S) groups is 2. The SMILES string of the molecule is CN1C(=O)C(C)(C)NNC1=S.CN1C(=O)C2(CCCCC2)NNC1=S. The Kier molecular flexibility index (Phi) is 5.97. The van der Waals surface area contributed by atoms with Gasteiger partial charge in [0.15, 0.2) is 10.2 Å². The second kappa shape index (κ2) is 7.48. The van der Waals surface area contributed by atoms with Crippen LogP contribution < -0.4 is 21.7 Å². The van der Waals surface area contributed by atoms with E-state index < -0.39 is 11.1 Å². The summed E-state index contributed by atoms with van der Waals surface area (Å²) in [6.07, 6.45) is 5.27. The molecule has 1 aliphatic carbocycles. The minimum atomic E-state index is -0.572. The summed E-state index contributed by atoms with van der Waals surface area (Å²) in [5.74, 6) is 0.0854. The molecule has 3 aliphatic rings. The summed E-state index contributed by atoms with van der Waals surface area (Å²) in [5, 5.41) is 0.875. The molecule has 0 aromatic rings. The normalized spacial score (nSPS) is 25.1. The van der Waals surface area contributed by atoms with Crippen molar-refractivity contribution in [2.24, 2.45) is 0 Å². The Hall–Kier alpha value is -1.36. The molecule has 8 nitrogen and oxygen atoms in total. The lowest BCUT2D eigenvalue weighted by Crippen LogP contribution is -2.70. The first kappa shape index (κ1) is 20.0. The van der Waals surface area contributed by atoms with Gasteiger partial charge in [0.1, 0.15) is 11.1 Å². The molecule has 0 bridgehead atoms. The van der Waals surface area contributed by atoms with Crippen molar-refractivity contribution in [3.8, 4) is 0 Å². The van der Waals surface area contributed by atoms with Gasteiger partial charge in [-0.15, -0.1) is 0 Å². The van der Waals surface area contributed by atoms with E-state index in [1.54, 1.807) is 27.9 Å². The fourth-order valence-electron chi connectivity index (χ4n) is 3.08. The Morgan fingerprint density at radius 3 is 1.84 bits per heavy atom. The minimum Gasteiger partial charge on any atom is -0.297 e. The molecule has 2 saturated heterocycles. The maximum Gasteiger partial charge on any atom is 0.250 e. The molecule has 25 heavy (non-hydrogen) atoms.